The number of aryl methyl sites for hydroxylation is 1. The van der Waals surface area contributed by atoms with Crippen molar-refractivity contribution in [2.75, 3.05) is 11.1 Å². The molecule has 2 aromatic carbocycles. The molecule has 0 bridgehead atoms. The minimum Gasteiger partial charge on any atom is -0.465 e. The standard InChI is InChI=1S/C24H21FN4O3S/c1-16-9-10-19(32-16)14-27-23(31)17-5-4-6-18(13-17)29-12-11-26-24(29)33-15-22(30)28-21-8-3-2-7-20(21)25/h2-13H,14-15H2,1H3,(H,27,31)(H,28,30). The summed E-state index contributed by atoms with van der Waals surface area (Å²) in [7, 11) is 0. The Morgan fingerprint density at radius 2 is 1.97 bits per heavy atom. The number of halogens is 1. The molecule has 0 atom stereocenters. The number of hydrogen-bond donors (Lipinski definition) is 2. The number of imidazole rings is 1. The normalized spacial score (nSPS) is 10.7. The molecule has 7 nitrogen and oxygen atoms in total. The van der Waals surface area contributed by atoms with Crippen LogP contribution in [0.5, 0.6) is 0 Å². The molecule has 33 heavy (non-hydrogen) atoms. The highest BCUT2D eigenvalue weighted by Crippen LogP contribution is 2.22. The van der Waals surface area contributed by atoms with E-state index < -0.39 is 5.82 Å². The Balaban J connectivity index is 1.40. The molecule has 168 valence electrons. The average molecular weight is 465 g/mol. The van der Waals surface area contributed by atoms with Crippen molar-refractivity contribution in [1.82, 2.24) is 14.9 Å². The van der Waals surface area contributed by atoms with E-state index in [2.05, 4.69) is 15.6 Å². The molecule has 0 radical (unpaired) electrons. The fraction of sp³-hybridized carbons (Fsp3) is 0.125. The van der Waals surface area contributed by atoms with E-state index >= 15 is 0 Å². The van der Waals surface area contributed by atoms with Crippen LogP contribution >= 0.6 is 11.8 Å². The number of nitrogens with one attached hydrogen (secondary N) is 2. The number of carbonyl (C=O) groups excluding carboxylic acids is 2. The molecule has 0 unspecified atom stereocenters. The summed E-state index contributed by atoms with van der Waals surface area (Å²) in [5.74, 6) is 0.446. The number of aromatic nitrogens is 2. The molecular weight excluding hydrogens is 443 g/mol. The number of carbonyl (C=O) groups is 2. The van der Waals surface area contributed by atoms with E-state index in [4.69, 9.17) is 4.42 Å². The van der Waals surface area contributed by atoms with Gasteiger partial charge in [-0.05, 0) is 49.4 Å². The topological polar surface area (TPSA) is 89.2 Å². The second-order valence-corrected chi connectivity index (χ2v) is 8.08. The highest BCUT2D eigenvalue weighted by molar-refractivity contribution is 7.99. The van der Waals surface area contributed by atoms with Gasteiger partial charge in [-0.2, -0.15) is 0 Å². The van der Waals surface area contributed by atoms with Crippen molar-refractivity contribution in [3.63, 3.8) is 0 Å². The zero-order valence-corrected chi connectivity index (χ0v) is 18.6. The largest absolute Gasteiger partial charge is 0.465 e. The smallest absolute Gasteiger partial charge is 0.251 e. The maximum atomic E-state index is 13.7. The monoisotopic (exact) mass is 464 g/mol. The summed E-state index contributed by atoms with van der Waals surface area (Å²) in [6, 6.07) is 16.8. The first-order valence-corrected chi connectivity index (χ1v) is 11.1. The Hall–Kier alpha value is -3.85. The first-order valence-electron chi connectivity index (χ1n) is 10.1. The second kappa shape index (κ2) is 10.2. The van der Waals surface area contributed by atoms with Crippen LogP contribution in [-0.2, 0) is 11.3 Å². The molecule has 4 rings (SSSR count). The number of benzene rings is 2. The highest BCUT2D eigenvalue weighted by atomic mass is 32.2. The number of nitrogens with zero attached hydrogens (tertiary/aromatic N) is 2. The minimum absolute atomic E-state index is 0.0497. The molecule has 0 aliphatic rings. The average Bonchev–Trinajstić information content (AvgIpc) is 3.46. The number of rotatable bonds is 8. The van der Waals surface area contributed by atoms with E-state index in [1.165, 1.54) is 23.9 Å². The molecule has 2 N–H and O–H groups in total. The molecule has 2 heterocycles. The third-order valence-corrected chi connectivity index (χ3v) is 5.66. The van der Waals surface area contributed by atoms with Crippen LogP contribution in [0.25, 0.3) is 5.69 Å². The lowest BCUT2D eigenvalue weighted by Crippen LogP contribution is -2.22. The maximum Gasteiger partial charge on any atom is 0.251 e. The van der Waals surface area contributed by atoms with Crippen LogP contribution in [0.4, 0.5) is 10.1 Å². The van der Waals surface area contributed by atoms with Gasteiger partial charge in [0.15, 0.2) is 5.16 Å². The molecule has 0 fully saturated rings. The molecule has 2 aromatic heterocycles. The quantitative estimate of drug-likeness (QED) is 0.373. The number of thioether (sulfide) groups is 1. The van der Waals surface area contributed by atoms with Crippen LogP contribution in [-0.4, -0.2) is 27.1 Å². The van der Waals surface area contributed by atoms with Crippen LogP contribution in [0.1, 0.15) is 21.9 Å². The lowest BCUT2D eigenvalue weighted by Gasteiger charge is -2.10. The predicted octanol–water partition coefficient (Wildman–Crippen LogP) is 4.57. The van der Waals surface area contributed by atoms with Gasteiger partial charge in [0, 0.05) is 23.6 Å². The van der Waals surface area contributed by atoms with Gasteiger partial charge in [0.2, 0.25) is 5.91 Å². The minimum atomic E-state index is -0.491. The number of furan rings is 1. The van der Waals surface area contributed by atoms with Crippen molar-refractivity contribution in [3.8, 4) is 5.69 Å². The molecule has 0 spiro atoms. The summed E-state index contributed by atoms with van der Waals surface area (Å²) in [5, 5.41) is 5.96. The van der Waals surface area contributed by atoms with Crippen molar-refractivity contribution in [2.24, 2.45) is 0 Å². The third kappa shape index (κ3) is 5.69. The van der Waals surface area contributed by atoms with E-state index in [9.17, 15) is 14.0 Å². The van der Waals surface area contributed by atoms with E-state index in [1.807, 2.05) is 25.1 Å². The predicted molar refractivity (Wildman–Crippen MR) is 124 cm³/mol. The molecule has 0 saturated heterocycles. The highest BCUT2D eigenvalue weighted by Gasteiger charge is 2.13. The fourth-order valence-corrected chi connectivity index (χ4v) is 3.89. The van der Waals surface area contributed by atoms with Gasteiger partial charge >= 0.3 is 0 Å². The first-order chi connectivity index (χ1) is 16.0. The Morgan fingerprint density at radius 1 is 1.12 bits per heavy atom. The number of hydrogen-bond acceptors (Lipinski definition) is 5. The van der Waals surface area contributed by atoms with Crippen molar-refractivity contribution < 1.29 is 18.4 Å². The van der Waals surface area contributed by atoms with Gasteiger partial charge in [0.25, 0.3) is 5.91 Å². The van der Waals surface area contributed by atoms with Gasteiger partial charge in [-0.25, -0.2) is 9.37 Å². The van der Waals surface area contributed by atoms with Crippen LogP contribution in [0.15, 0.2) is 82.6 Å². The van der Waals surface area contributed by atoms with Crippen molar-refractivity contribution in [3.05, 3.63) is 96.0 Å². The summed E-state index contributed by atoms with van der Waals surface area (Å²) >= 11 is 1.21. The van der Waals surface area contributed by atoms with E-state index in [0.29, 0.717) is 23.0 Å². The van der Waals surface area contributed by atoms with Crippen molar-refractivity contribution >= 4 is 29.3 Å². The van der Waals surface area contributed by atoms with Crippen molar-refractivity contribution in [1.29, 1.82) is 0 Å². The van der Waals surface area contributed by atoms with Crippen LogP contribution in [0.2, 0.25) is 0 Å². The molecule has 9 heteroatoms. The Morgan fingerprint density at radius 3 is 2.76 bits per heavy atom. The third-order valence-electron chi connectivity index (χ3n) is 4.69. The van der Waals surface area contributed by atoms with Crippen LogP contribution in [0.3, 0.4) is 0 Å². The van der Waals surface area contributed by atoms with Gasteiger partial charge in [-0.15, -0.1) is 0 Å². The van der Waals surface area contributed by atoms with Crippen molar-refractivity contribution in [2.45, 2.75) is 18.6 Å². The van der Waals surface area contributed by atoms with Gasteiger partial charge < -0.3 is 15.1 Å². The Bertz CT molecular complexity index is 1280. The SMILES string of the molecule is Cc1ccc(CNC(=O)c2cccc(-n3ccnc3SCC(=O)Nc3ccccc3F)c2)o1. The van der Waals surface area contributed by atoms with Gasteiger partial charge in [0.05, 0.1) is 18.0 Å². The van der Waals surface area contributed by atoms with E-state index in [1.54, 1.807) is 47.3 Å². The Kier molecular flexibility index (Phi) is 6.89. The number of amides is 2. The maximum absolute atomic E-state index is 13.7. The Labute approximate surface area is 194 Å². The van der Waals surface area contributed by atoms with Crippen LogP contribution < -0.4 is 10.6 Å². The first kappa shape index (κ1) is 22.3. The van der Waals surface area contributed by atoms with Crippen LogP contribution in [0, 0.1) is 12.7 Å². The summed E-state index contributed by atoms with van der Waals surface area (Å²) in [6.07, 6.45) is 3.36. The molecule has 0 aliphatic heterocycles. The molecule has 0 saturated carbocycles. The fourth-order valence-electron chi connectivity index (χ4n) is 3.12. The van der Waals surface area contributed by atoms with E-state index in [0.717, 1.165) is 11.4 Å². The lowest BCUT2D eigenvalue weighted by molar-refractivity contribution is -0.113. The van der Waals surface area contributed by atoms with Gasteiger partial charge in [-0.3, -0.25) is 14.2 Å². The molecular formula is C24H21FN4O3S. The number of anilines is 1. The molecule has 0 aliphatic carbocycles. The summed E-state index contributed by atoms with van der Waals surface area (Å²) in [6.45, 7) is 2.14. The zero-order chi connectivity index (χ0) is 23.2. The molecule has 2 amide bonds. The summed E-state index contributed by atoms with van der Waals surface area (Å²) in [4.78, 5) is 29.1. The van der Waals surface area contributed by atoms with E-state index in [-0.39, 0.29) is 23.3 Å². The molecule has 4 aromatic rings. The zero-order valence-electron chi connectivity index (χ0n) is 17.7. The second-order valence-electron chi connectivity index (χ2n) is 7.14. The number of para-hydroxylation sites is 1. The lowest BCUT2D eigenvalue weighted by atomic mass is 10.2. The summed E-state index contributed by atoms with van der Waals surface area (Å²) in [5.41, 5.74) is 1.35. The summed E-state index contributed by atoms with van der Waals surface area (Å²) < 4.78 is 21.0. The van der Waals surface area contributed by atoms with Gasteiger partial charge in [0.1, 0.15) is 17.3 Å². The van der Waals surface area contributed by atoms with Gasteiger partial charge in [-0.1, -0.05) is 30.0 Å².